The van der Waals surface area contributed by atoms with Crippen LogP contribution in [0.25, 0.3) is 0 Å². The Kier molecular flexibility index (Phi) is 4.39. The van der Waals surface area contributed by atoms with Gasteiger partial charge in [0.2, 0.25) is 0 Å². The van der Waals surface area contributed by atoms with Crippen LogP contribution in [-0.2, 0) is 4.74 Å². The van der Waals surface area contributed by atoms with Crippen molar-refractivity contribution in [3.8, 4) is 0 Å². The van der Waals surface area contributed by atoms with Crippen molar-refractivity contribution in [3.63, 3.8) is 0 Å². The summed E-state index contributed by atoms with van der Waals surface area (Å²) in [5.74, 6) is 0.736. The second-order valence-electron chi connectivity index (χ2n) is 4.95. The highest BCUT2D eigenvalue weighted by molar-refractivity contribution is 4.96. The molecule has 1 aliphatic rings. The largest absolute Gasteiger partial charge is 0.377 e. The van der Waals surface area contributed by atoms with Crippen molar-refractivity contribution in [2.24, 2.45) is 5.92 Å². The van der Waals surface area contributed by atoms with Gasteiger partial charge in [0.15, 0.2) is 0 Å². The highest BCUT2D eigenvalue weighted by Gasteiger charge is 2.40. The van der Waals surface area contributed by atoms with Crippen molar-refractivity contribution in [2.45, 2.75) is 57.6 Å². The van der Waals surface area contributed by atoms with Gasteiger partial charge in [-0.05, 0) is 32.2 Å². The molecule has 1 unspecified atom stereocenters. The topological polar surface area (TPSA) is 21.3 Å². The van der Waals surface area contributed by atoms with Gasteiger partial charge >= 0.3 is 0 Å². The number of methoxy groups -OCH3 is 1. The van der Waals surface area contributed by atoms with Crippen LogP contribution in [0.2, 0.25) is 0 Å². The molecule has 1 fully saturated rings. The third-order valence-electron chi connectivity index (χ3n) is 3.55. The summed E-state index contributed by atoms with van der Waals surface area (Å²) in [5, 5.41) is 3.44. The maximum atomic E-state index is 5.79. The first kappa shape index (κ1) is 12.0. The van der Waals surface area contributed by atoms with Gasteiger partial charge in [0.1, 0.15) is 0 Å². The van der Waals surface area contributed by atoms with Gasteiger partial charge < -0.3 is 10.1 Å². The predicted octanol–water partition coefficient (Wildman–Crippen LogP) is 2.58. The summed E-state index contributed by atoms with van der Waals surface area (Å²) in [6.07, 6.45) is 6.31. The average molecular weight is 199 g/mol. The van der Waals surface area contributed by atoms with Crippen LogP contribution in [0.5, 0.6) is 0 Å². The smallest absolute Gasteiger partial charge is 0.0830 e. The van der Waals surface area contributed by atoms with Gasteiger partial charge in [-0.25, -0.2) is 0 Å². The van der Waals surface area contributed by atoms with Crippen molar-refractivity contribution in [1.29, 1.82) is 0 Å². The van der Waals surface area contributed by atoms with Crippen LogP contribution in [0.4, 0.5) is 0 Å². The van der Waals surface area contributed by atoms with Crippen molar-refractivity contribution in [1.82, 2.24) is 5.32 Å². The van der Waals surface area contributed by atoms with Gasteiger partial charge in [-0.1, -0.05) is 26.7 Å². The number of ether oxygens (including phenoxy) is 1. The summed E-state index contributed by atoms with van der Waals surface area (Å²) < 4.78 is 5.79. The van der Waals surface area contributed by atoms with E-state index in [0.29, 0.717) is 6.04 Å². The molecule has 1 rings (SSSR count). The van der Waals surface area contributed by atoms with E-state index in [-0.39, 0.29) is 5.60 Å². The van der Waals surface area contributed by atoms with Gasteiger partial charge in [0.05, 0.1) is 5.60 Å². The maximum Gasteiger partial charge on any atom is 0.0830 e. The molecule has 1 aliphatic carbocycles. The monoisotopic (exact) mass is 199 g/mol. The first-order valence-corrected chi connectivity index (χ1v) is 5.87. The Morgan fingerprint density at radius 1 is 1.29 bits per heavy atom. The van der Waals surface area contributed by atoms with E-state index in [1.165, 1.54) is 32.1 Å². The van der Waals surface area contributed by atoms with E-state index in [4.69, 9.17) is 4.74 Å². The Balaban J connectivity index is 2.63. The summed E-state index contributed by atoms with van der Waals surface area (Å²) in [6, 6.07) is 0.523. The number of hydrogen-bond donors (Lipinski definition) is 1. The molecular weight excluding hydrogens is 174 g/mol. The second kappa shape index (κ2) is 5.13. The van der Waals surface area contributed by atoms with Crippen molar-refractivity contribution in [2.75, 3.05) is 14.2 Å². The molecule has 0 aromatic carbocycles. The number of nitrogens with one attached hydrogen (secondary N) is 1. The molecule has 0 spiro atoms. The second-order valence-corrected chi connectivity index (χ2v) is 4.95. The van der Waals surface area contributed by atoms with Crippen LogP contribution in [0.1, 0.15) is 46.0 Å². The van der Waals surface area contributed by atoms with Gasteiger partial charge in [0, 0.05) is 13.2 Å². The van der Waals surface area contributed by atoms with Crippen molar-refractivity contribution < 1.29 is 4.74 Å². The Bertz CT molecular complexity index is 162. The molecular formula is C12H25NO. The minimum absolute atomic E-state index is 0.124. The summed E-state index contributed by atoms with van der Waals surface area (Å²) >= 11 is 0. The fraction of sp³-hybridized carbons (Fsp3) is 1.00. The normalized spacial score (nSPS) is 22.9. The van der Waals surface area contributed by atoms with Gasteiger partial charge in [-0.2, -0.15) is 0 Å². The minimum atomic E-state index is 0.124. The highest BCUT2D eigenvalue weighted by Crippen LogP contribution is 2.37. The number of rotatable bonds is 5. The standard InChI is InChI=1S/C12H25NO/c1-10(2)9-11(13-3)12(14-4)7-5-6-8-12/h10-11,13H,5-9H2,1-4H3. The molecule has 1 saturated carbocycles. The highest BCUT2D eigenvalue weighted by atomic mass is 16.5. The van der Waals surface area contributed by atoms with Gasteiger partial charge in [-0.3, -0.25) is 0 Å². The van der Waals surface area contributed by atoms with Gasteiger partial charge in [0.25, 0.3) is 0 Å². The Labute approximate surface area is 88.4 Å². The summed E-state index contributed by atoms with van der Waals surface area (Å²) in [7, 11) is 3.93. The summed E-state index contributed by atoms with van der Waals surface area (Å²) in [5.41, 5.74) is 0.124. The quantitative estimate of drug-likeness (QED) is 0.735. The van der Waals surface area contributed by atoms with Gasteiger partial charge in [-0.15, -0.1) is 0 Å². The molecule has 1 atom stereocenters. The molecule has 0 aromatic rings. The molecule has 84 valence electrons. The lowest BCUT2D eigenvalue weighted by molar-refractivity contribution is -0.0387. The Morgan fingerprint density at radius 2 is 1.86 bits per heavy atom. The molecule has 1 N–H and O–H groups in total. The minimum Gasteiger partial charge on any atom is -0.377 e. The predicted molar refractivity (Wildman–Crippen MR) is 60.5 cm³/mol. The first-order chi connectivity index (χ1) is 6.64. The molecule has 0 saturated heterocycles. The number of hydrogen-bond acceptors (Lipinski definition) is 2. The molecule has 14 heavy (non-hydrogen) atoms. The Hall–Kier alpha value is -0.0800. The van der Waals surface area contributed by atoms with Crippen LogP contribution in [0.3, 0.4) is 0 Å². The average Bonchev–Trinajstić information content (AvgIpc) is 2.63. The fourth-order valence-electron chi connectivity index (χ4n) is 2.74. The molecule has 2 heteroatoms. The van der Waals surface area contributed by atoms with Crippen LogP contribution >= 0.6 is 0 Å². The summed E-state index contributed by atoms with van der Waals surface area (Å²) in [4.78, 5) is 0. The fourth-order valence-corrected chi connectivity index (χ4v) is 2.74. The molecule has 0 aromatic heterocycles. The third-order valence-corrected chi connectivity index (χ3v) is 3.55. The van der Waals surface area contributed by atoms with E-state index < -0.39 is 0 Å². The number of likely N-dealkylation sites (N-methyl/N-ethyl adjacent to an activating group) is 1. The van der Waals surface area contributed by atoms with E-state index in [1.54, 1.807) is 0 Å². The SMILES string of the molecule is CNC(CC(C)C)C1(OC)CCCC1. The van der Waals surface area contributed by atoms with E-state index in [2.05, 4.69) is 26.2 Å². The van der Waals surface area contributed by atoms with Crippen molar-refractivity contribution >= 4 is 0 Å². The molecule has 0 radical (unpaired) electrons. The van der Waals surface area contributed by atoms with E-state index >= 15 is 0 Å². The lowest BCUT2D eigenvalue weighted by Gasteiger charge is -2.37. The zero-order valence-electron chi connectivity index (χ0n) is 10.1. The van der Waals surface area contributed by atoms with Crippen LogP contribution < -0.4 is 5.32 Å². The lowest BCUT2D eigenvalue weighted by atomic mass is 9.86. The molecule has 2 nitrogen and oxygen atoms in total. The maximum absolute atomic E-state index is 5.79. The molecule has 0 amide bonds. The first-order valence-electron chi connectivity index (χ1n) is 5.87. The molecule has 0 heterocycles. The van der Waals surface area contributed by atoms with Crippen LogP contribution in [-0.4, -0.2) is 25.8 Å². The Morgan fingerprint density at radius 3 is 2.21 bits per heavy atom. The van der Waals surface area contributed by atoms with Crippen LogP contribution in [0, 0.1) is 5.92 Å². The molecule has 0 aliphatic heterocycles. The zero-order chi connectivity index (χ0) is 10.6. The third kappa shape index (κ3) is 2.48. The molecule has 0 bridgehead atoms. The summed E-state index contributed by atoms with van der Waals surface area (Å²) in [6.45, 7) is 4.56. The van der Waals surface area contributed by atoms with E-state index in [9.17, 15) is 0 Å². The van der Waals surface area contributed by atoms with Crippen LogP contribution in [0.15, 0.2) is 0 Å². The van der Waals surface area contributed by atoms with Crippen molar-refractivity contribution in [3.05, 3.63) is 0 Å². The zero-order valence-corrected chi connectivity index (χ0v) is 10.1. The lowest BCUT2D eigenvalue weighted by Crippen LogP contribution is -2.49. The van der Waals surface area contributed by atoms with E-state index in [1.807, 2.05) is 7.11 Å². The van der Waals surface area contributed by atoms with E-state index in [0.717, 1.165) is 5.92 Å².